The first kappa shape index (κ1) is 21.6. The number of nitrogens with one attached hydrogen (secondary N) is 2. The van der Waals surface area contributed by atoms with Crippen molar-refractivity contribution in [2.45, 2.75) is 33.2 Å². The number of hydrogen-bond donors (Lipinski definition) is 3. The molecule has 0 aliphatic rings. The molecule has 0 saturated carbocycles. The fourth-order valence-corrected chi connectivity index (χ4v) is 1.93. The molecule has 132 valence electrons. The van der Waals surface area contributed by atoms with Gasteiger partial charge in [0.2, 0.25) is 5.75 Å². The molecule has 0 aliphatic heterocycles. The van der Waals surface area contributed by atoms with Gasteiger partial charge in [-0.05, 0) is 31.0 Å². The van der Waals surface area contributed by atoms with Crippen molar-refractivity contribution >= 4 is 29.9 Å². The second-order valence-electron chi connectivity index (χ2n) is 4.82. The molecule has 0 heterocycles. The average Bonchev–Trinajstić information content (AvgIpc) is 2.53. The quantitative estimate of drug-likeness (QED) is 0.253. The van der Waals surface area contributed by atoms with Gasteiger partial charge in [-0.1, -0.05) is 13.3 Å². The first-order chi connectivity index (χ1) is 10.7. The second kappa shape index (κ2) is 12.1. The van der Waals surface area contributed by atoms with E-state index in [1.165, 1.54) is 14.2 Å². The highest BCUT2D eigenvalue weighted by Gasteiger charge is 2.11. The number of guanidine groups is 1. The lowest BCUT2D eigenvalue weighted by Gasteiger charge is -2.12. The molecule has 0 aromatic heterocycles. The third-order valence-corrected chi connectivity index (χ3v) is 3.13. The molecule has 6 nitrogen and oxygen atoms in total. The highest BCUT2D eigenvalue weighted by Crippen LogP contribution is 2.37. The lowest BCUT2D eigenvalue weighted by atomic mass is 10.2. The number of hydrogen-bond acceptors (Lipinski definition) is 4. The first-order valence-corrected chi connectivity index (χ1v) is 7.62. The Hall–Kier alpha value is -1.38. The number of rotatable bonds is 8. The number of nitrogens with zero attached hydrogens (tertiary/aromatic N) is 1. The van der Waals surface area contributed by atoms with Crippen LogP contribution in [0.2, 0.25) is 0 Å². The zero-order chi connectivity index (χ0) is 16.4. The van der Waals surface area contributed by atoms with Gasteiger partial charge >= 0.3 is 0 Å². The predicted octanol–water partition coefficient (Wildman–Crippen LogP) is 2.88. The summed E-state index contributed by atoms with van der Waals surface area (Å²) in [5.74, 6) is 1.55. The van der Waals surface area contributed by atoms with Crippen LogP contribution < -0.4 is 20.1 Å². The minimum absolute atomic E-state index is 0. The van der Waals surface area contributed by atoms with Crippen LogP contribution in [-0.4, -0.2) is 38.4 Å². The van der Waals surface area contributed by atoms with Gasteiger partial charge in [0.05, 0.1) is 20.8 Å². The van der Waals surface area contributed by atoms with Crippen LogP contribution in [0.1, 0.15) is 32.3 Å². The predicted molar refractivity (Wildman–Crippen MR) is 104 cm³/mol. The van der Waals surface area contributed by atoms with E-state index in [0.29, 0.717) is 18.0 Å². The summed E-state index contributed by atoms with van der Waals surface area (Å²) in [6, 6.07) is 3.52. The number of phenols is 1. The number of ether oxygens (including phenoxy) is 2. The summed E-state index contributed by atoms with van der Waals surface area (Å²) in [6.07, 6.45) is 2.24. The average molecular weight is 437 g/mol. The van der Waals surface area contributed by atoms with Gasteiger partial charge in [-0.3, -0.25) is 0 Å². The molecule has 7 heteroatoms. The Bertz CT molecular complexity index is 470. The van der Waals surface area contributed by atoms with Gasteiger partial charge in [-0.2, -0.15) is 0 Å². The normalized spacial score (nSPS) is 10.7. The van der Waals surface area contributed by atoms with Crippen molar-refractivity contribution in [3.63, 3.8) is 0 Å². The summed E-state index contributed by atoms with van der Waals surface area (Å²) in [7, 11) is 3.02. The molecule has 0 radical (unpaired) electrons. The number of aromatic hydroxyl groups is 1. The van der Waals surface area contributed by atoms with E-state index >= 15 is 0 Å². The van der Waals surface area contributed by atoms with Crippen LogP contribution in [0.15, 0.2) is 17.1 Å². The third-order valence-electron chi connectivity index (χ3n) is 3.13. The molecule has 0 bridgehead atoms. The van der Waals surface area contributed by atoms with Gasteiger partial charge in [0, 0.05) is 13.1 Å². The molecule has 0 fully saturated rings. The van der Waals surface area contributed by atoms with Gasteiger partial charge in [0.15, 0.2) is 17.5 Å². The van der Waals surface area contributed by atoms with Crippen molar-refractivity contribution < 1.29 is 14.6 Å². The van der Waals surface area contributed by atoms with E-state index in [1.807, 2.05) is 6.92 Å². The number of phenolic OH excluding ortho intramolecular Hbond substituents is 1. The van der Waals surface area contributed by atoms with E-state index in [0.717, 1.165) is 37.5 Å². The van der Waals surface area contributed by atoms with Crippen molar-refractivity contribution in [1.29, 1.82) is 0 Å². The smallest absolute Gasteiger partial charge is 0.200 e. The molecule has 1 aromatic rings. The summed E-state index contributed by atoms with van der Waals surface area (Å²) >= 11 is 0. The van der Waals surface area contributed by atoms with E-state index in [-0.39, 0.29) is 29.7 Å². The van der Waals surface area contributed by atoms with E-state index in [4.69, 9.17) is 9.47 Å². The summed E-state index contributed by atoms with van der Waals surface area (Å²) in [4.78, 5) is 4.54. The van der Waals surface area contributed by atoms with Crippen molar-refractivity contribution in [2.75, 3.05) is 27.3 Å². The van der Waals surface area contributed by atoms with Crippen LogP contribution in [0.3, 0.4) is 0 Å². The Labute approximate surface area is 155 Å². The van der Waals surface area contributed by atoms with E-state index in [2.05, 4.69) is 22.5 Å². The maximum absolute atomic E-state index is 9.91. The minimum atomic E-state index is 0. The highest BCUT2D eigenvalue weighted by molar-refractivity contribution is 14.0. The van der Waals surface area contributed by atoms with Crippen LogP contribution in [0.5, 0.6) is 17.2 Å². The molecule has 0 saturated heterocycles. The summed E-state index contributed by atoms with van der Waals surface area (Å²) in [6.45, 7) is 6.35. The van der Waals surface area contributed by atoms with E-state index in [1.54, 1.807) is 12.1 Å². The summed E-state index contributed by atoms with van der Waals surface area (Å²) < 4.78 is 10.3. The fourth-order valence-electron chi connectivity index (χ4n) is 1.93. The molecule has 0 unspecified atom stereocenters. The van der Waals surface area contributed by atoms with Crippen molar-refractivity contribution in [3.05, 3.63) is 17.7 Å². The Morgan fingerprint density at radius 2 is 1.74 bits per heavy atom. The summed E-state index contributed by atoms with van der Waals surface area (Å²) in [5, 5.41) is 16.4. The molecule has 23 heavy (non-hydrogen) atoms. The molecular formula is C16H28IN3O3. The highest BCUT2D eigenvalue weighted by atomic mass is 127. The lowest BCUT2D eigenvalue weighted by molar-refractivity contribution is 0.339. The van der Waals surface area contributed by atoms with Crippen molar-refractivity contribution in [2.24, 2.45) is 4.99 Å². The Kier molecular flexibility index (Phi) is 11.4. The molecule has 3 N–H and O–H groups in total. The zero-order valence-electron chi connectivity index (χ0n) is 14.3. The van der Waals surface area contributed by atoms with Crippen LogP contribution in [0.4, 0.5) is 0 Å². The molecule has 1 rings (SSSR count). The monoisotopic (exact) mass is 437 g/mol. The molecular weight excluding hydrogens is 409 g/mol. The van der Waals surface area contributed by atoms with Gasteiger partial charge < -0.3 is 25.2 Å². The van der Waals surface area contributed by atoms with E-state index in [9.17, 15) is 5.11 Å². The zero-order valence-corrected chi connectivity index (χ0v) is 16.6. The summed E-state index contributed by atoms with van der Waals surface area (Å²) in [5.41, 5.74) is 0.902. The SMILES string of the molecule is CCCCNC(=NCc1cc(OC)c(O)c(OC)c1)NCC.I. The van der Waals surface area contributed by atoms with Gasteiger partial charge in [0.25, 0.3) is 0 Å². The largest absolute Gasteiger partial charge is 0.502 e. The van der Waals surface area contributed by atoms with E-state index < -0.39 is 0 Å². The topological polar surface area (TPSA) is 75.1 Å². The molecule has 0 spiro atoms. The Morgan fingerprint density at radius 1 is 1.13 bits per heavy atom. The molecule has 0 aliphatic carbocycles. The third kappa shape index (κ3) is 7.15. The number of unbranched alkanes of at least 4 members (excludes halogenated alkanes) is 1. The second-order valence-corrected chi connectivity index (χ2v) is 4.82. The van der Waals surface area contributed by atoms with Crippen molar-refractivity contribution in [1.82, 2.24) is 10.6 Å². The van der Waals surface area contributed by atoms with Gasteiger partial charge in [-0.25, -0.2) is 4.99 Å². The van der Waals surface area contributed by atoms with Crippen LogP contribution in [0.25, 0.3) is 0 Å². The van der Waals surface area contributed by atoms with Gasteiger partial charge in [0.1, 0.15) is 0 Å². The number of methoxy groups -OCH3 is 2. The molecule has 0 amide bonds. The van der Waals surface area contributed by atoms with Crippen LogP contribution >= 0.6 is 24.0 Å². The van der Waals surface area contributed by atoms with Gasteiger partial charge in [-0.15, -0.1) is 24.0 Å². The lowest BCUT2D eigenvalue weighted by Crippen LogP contribution is -2.37. The maximum Gasteiger partial charge on any atom is 0.200 e. The Balaban J connectivity index is 0.00000484. The van der Waals surface area contributed by atoms with Crippen LogP contribution in [0, 0.1) is 0 Å². The minimum Gasteiger partial charge on any atom is -0.502 e. The number of halogens is 1. The standard InChI is InChI=1S/C16H27N3O3.HI/c1-5-7-8-18-16(17-6-2)19-11-12-9-13(21-3)15(20)14(10-12)22-4;/h9-10,20H,5-8,11H2,1-4H3,(H2,17,18,19);1H. The first-order valence-electron chi connectivity index (χ1n) is 7.62. The number of aliphatic imine (C=N–C) groups is 1. The Morgan fingerprint density at radius 3 is 2.22 bits per heavy atom. The van der Waals surface area contributed by atoms with Crippen LogP contribution in [-0.2, 0) is 6.54 Å². The fraction of sp³-hybridized carbons (Fsp3) is 0.562. The van der Waals surface area contributed by atoms with Crippen molar-refractivity contribution in [3.8, 4) is 17.2 Å². The number of benzene rings is 1. The maximum atomic E-state index is 9.91. The molecule has 0 atom stereocenters. The molecule has 1 aromatic carbocycles.